The van der Waals surface area contributed by atoms with Gasteiger partial charge in [0.2, 0.25) is 0 Å². The van der Waals surface area contributed by atoms with Gasteiger partial charge in [-0.05, 0) is 6.42 Å². The molecule has 0 aromatic carbocycles. The van der Waals surface area contributed by atoms with Crippen LogP contribution in [0.15, 0.2) is 0 Å². The number of rotatable bonds is 12. The fourth-order valence-electron chi connectivity index (χ4n) is 1.06. The molecule has 0 aromatic rings. The standard InChI is InChI=1S/C11H24O4.C2H4O2/c1-2-3-4-6-13-8-10-15-11-9-14-7-5-12;1-2(3)4/h12H,2-11H2,1H3;1H3,(H,3,4). The van der Waals surface area contributed by atoms with E-state index in [0.29, 0.717) is 33.0 Å². The van der Waals surface area contributed by atoms with Crippen LogP contribution in [-0.2, 0) is 19.0 Å². The van der Waals surface area contributed by atoms with Crippen LogP contribution in [0.25, 0.3) is 0 Å². The molecule has 0 spiro atoms. The van der Waals surface area contributed by atoms with E-state index in [2.05, 4.69) is 6.92 Å². The lowest BCUT2D eigenvalue weighted by Crippen LogP contribution is -2.11. The van der Waals surface area contributed by atoms with Crippen molar-refractivity contribution >= 4 is 5.97 Å². The molecule has 19 heavy (non-hydrogen) atoms. The average Bonchev–Trinajstić information content (AvgIpc) is 2.35. The second-order valence-electron chi connectivity index (χ2n) is 3.79. The molecule has 6 heteroatoms. The van der Waals surface area contributed by atoms with Crippen molar-refractivity contribution < 1.29 is 29.2 Å². The molecule has 0 rings (SSSR count). The molecule has 0 aliphatic carbocycles. The number of aliphatic carboxylic acids is 1. The fourth-order valence-corrected chi connectivity index (χ4v) is 1.06. The fraction of sp³-hybridized carbons (Fsp3) is 0.923. The first-order valence-corrected chi connectivity index (χ1v) is 6.68. The second-order valence-corrected chi connectivity index (χ2v) is 3.79. The first-order valence-electron chi connectivity index (χ1n) is 6.68. The van der Waals surface area contributed by atoms with E-state index in [4.69, 9.17) is 29.2 Å². The van der Waals surface area contributed by atoms with Crippen molar-refractivity contribution in [1.82, 2.24) is 0 Å². The van der Waals surface area contributed by atoms with Crippen LogP contribution in [0.1, 0.15) is 33.1 Å². The molecule has 0 aliphatic rings. The van der Waals surface area contributed by atoms with Gasteiger partial charge in [0.25, 0.3) is 5.97 Å². The zero-order valence-electron chi connectivity index (χ0n) is 12.1. The number of carbonyl (C=O) groups is 1. The van der Waals surface area contributed by atoms with Crippen molar-refractivity contribution in [3.05, 3.63) is 0 Å². The highest BCUT2D eigenvalue weighted by Gasteiger charge is 1.91. The van der Waals surface area contributed by atoms with Crippen LogP contribution in [-0.4, -0.2) is 62.4 Å². The summed E-state index contributed by atoms with van der Waals surface area (Å²) in [7, 11) is 0. The quantitative estimate of drug-likeness (QED) is 0.524. The maximum atomic E-state index is 9.00. The van der Waals surface area contributed by atoms with Gasteiger partial charge in [-0.2, -0.15) is 0 Å². The van der Waals surface area contributed by atoms with Crippen LogP contribution < -0.4 is 0 Å². The summed E-state index contributed by atoms with van der Waals surface area (Å²) in [4.78, 5) is 9.00. The van der Waals surface area contributed by atoms with Crippen LogP contribution in [0.5, 0.6) is 0 Å². The third kappa shape index (κ3) is 31.7. The first-order chi connectivity index (χ1) is 9.15. The van der Waals surface area contributed by atoms with Gasteiger partial charge < -0.3 is 24.4 Å². The van der Waals surface area contributed by atoms with E-state index in [0.717, 1.165) is 20.0 Å². The van der Waals surface area contributed by atoms with Crippen LogP contribution in [0.2, 0.25) is 0 Å². The van der Waals surface area contributed by atoms with Gasteiger partial charge in [0.1, 0.15) is 0 Å². The number of hydrogen-bond donors (Lipinski definition) is 2. The minimum atomic E-state index is -0.833. The molecule has 0 saturated carbocycles. The Balaban J connectivity index is 0. The van der Waals surface area contributed by atoms with Crippen molar-refractivity contribution in [2.24, 2.45) is 0 Å². The average molecular weight is 280 g/mol. The molecule has 0 bridgehead atoms. The van der Waals surface area contributed by atoms with Gasteiger partial charge in [-0.1, -0.05) is 19.8 Å². The maximum absolute atomic E-state index is 9.00. The Morgan fingerprint density at radius 3 is 1.74 bits per heavy atom. The van der Waals surface area contributed by atoms with Crippen LogP contribution in [0.4, 0.5) is 0 Å². The Morgan fingerprint density at radius 1 is 0.895 bits per heavy atom. The van der Waals surface area contributed by atoms with Gasteiger partial charge in [-0.25, -0.2) is 0 Å². The Labute approximate surface area is 115 Å². The topological polar surface area (TPSA) is 85.2 Å². The van der Waals surface area contributed by atoms with Gasteiger partial charge in [0.05, 0.1) is 39.6 Å². The monoisotopic (exact) mass is 280 g/mol. The van der Waals surface area contributed by atoms with Gasteiger partial charge in [-0.15, -0.1) is 0 Å². The predicted molar refractivity (Wildman–Crippen MR) is 72.4 cm³/mol. The second kappa shape index (κ2) is 19.6. The summed E-state index contributed by atoms with van der Waals surface area (Å²) < 4.78 is 15.6. The normalized spacial score (nSPS) is 9.84. The molecular formula is C13H28O6. The van der Waals surface area contributed by atoms with Gasteiger partial charge >= 0.3 is 0 Å². The highest BCUT2D eigenvalue weighted by molar-refractivity contribution is 5.62. The van der Waals surface area contributed by atoms with Crippen LogP contribution in [0.3, 0.4) is 0 Å². The lowest BCUT2D eigenvalue weighted by Gasteiger charge is -2.05. The number of aliphatic hydroxyl groups is 1. The third-order valence-corrected chi connectivity index (χ3v) is 1.87. The number of aliphatic hydroxyl groups excluding tert-OH is 1. The zero-order valence-corrected chi connectivity index (χ0v) is 12.1. The summed E-state index contributed by atoms with van der Waals surface area (Å²) in [5.74, 6) is -0.833. The van der Waals surface area contributed by atoms with Gasteiger partial charge in [-0.3, -0.25) is 4.79 Å². The third-order valence-electron chi connectivity index (χ3n) is 1.87. The highest BCUT2D eigenvalue weighted by atomic mass is 16.5. The number of hydrogen-bond acceptors (Lipinski definition) is 5. The number of carboxylic acids is 1. The van der Waals surface area contributed by atoms with Gasteiger partial charge in [0.15, 0.2) is 0 Å². The smallest absolute Gasteiger partial charge is 0.300 e. The zero-order chi connectivity index (χ0) is 14.8. The van der Waals surface area contributed by atoms with E-state index in [9.17, 15) is 0 Å². The Bertz CT molecular complexity index is 159. The number of ether oxygens (including phenoxy) is 3. The predicted octanol–water partition coefficient (Wildman–Crippen LogP) is 1.31. The molecule has 0 radical (unpaired) electrons. The molecule has 0 amide bonds. The molecule has 0 aliphatic heterocycles. The lowest BCUT2D eigenvalue weighted by molar-refractivity contribution is -0.134. The largest absolute Gasteiger partial charge is 0.481 e. The van der Waals surface area contributed by atoms with Crippen LogP contribution >= 0.6 is 0 Å². The minimum absolute atomic E-state index is 0.0700. The van der Waals surface area contributed by atoms with E-state index in [1.165, 1.54) is 12.8 Å². The van der Waals surface area contributed by atoms with E-state index >= 15 is 0 Å². The van der Waals surface area contributed by atoms with Gasteiger partial charge in [0, 0.05) is 13.5 Å². The summed E-state index contributed by atoms with van der Waals surface area (Å²) in [5, 5.41) is 15.8. The van der Waals surface area contributed by atoms with Crippen molar-refractivity contribution in [3.63, 3.8) is 0 Å². The summed E-state index contributed by atoms with van der Waals surface area (Å²) in [6.45, 7) is 6.93. The molecule has 0 fully saturated rings. The molecule has 0 heterocycles. The van der Waals surface area contributed by atoms with Crippen molar-refractivity contribution in [2.75, 3.05) is 46.2 Å². The lowest BCUT2D eigenvalue weighted by atomic mass is 10.3. The highest BCUT2D eigenvalue weighted by Crippen LogP contribution is 1.93. The molecule has 116 valence electrons. The van der Waals surface area contributed by atoms with E-state index in [1.54, 1.807) is 0 Å². The van der Waals surface area contributed by atoms with E-state index < -0.39 is 5.97 Å². The number of carboxylic acid groups (broad SMARTS) is 1. The Kier molecular flexibility index (Phi) is 21.3. The maximum Gasteiger partial charge on any atom is 0.300 e. The van der Waals surface area contributed by atoms with Crippen molar-refractivity contribution in [3.8, 4) is 0 Å². The van der Waals surface area contributed by atoms with Crippen molar-refractivity contribution in [1.29, 1.82) is 0 Å². The molecule has 0 saturated heterocycles. The molecule has 0 atom stereocenters. The minimum Gasteiger partial charge on any atom is -0.481 e. The van der Waals surface area contributed by atoms with Crippen molar-refractivity contribution in [2.45, 2.75) is 33.1 Å². The Morgan fingerprint density at radius 2 is 1.32 bits per heavy atom. The molecule has 0 aromatic heterocycles. The Hall–Kier alpha value is -0.690. The molecule has 2 N–H and O–H groups in total. The summed E-state index contributed by atoms with van der Waals surface area (Å²) in [6.07, 6.45) is 3.59. The SMILES string of the molecule is CC(=O)O.CCCCCOCCOCCOCCO. The van der Waals surface area contributed by atoms with Crippen LogP contribution in [0, 0.1) is 0 Å². The summed E-state index contributed by atoms with van der Waals surface area (Å²) in [6, 6.07) is 0. The number of unbranched alkanes of at least 4 members (excludes halogenated alkanes) is 2. The van der Waals surface area contributed by atoms with E-state index in [-0.39, 0.29) is 6.61 Å². The van der Waals surface area contributed by atoms with E-state index in [1.807, 2.05) is 0 Å². The first kappa shape index (κ1) is 20.6. The molecule has 6 nitrogen and oxygen atoms in total. The molecule has 0 unspecified atom stereocenters. The summed E-state index contributed by atoms with van der Waals surface area (Å²) in [5.41, 5.74) is 0. The molecular weight excluding hydrogens is 252 g/mol. The summed E-state index contributed by atoms with van der Waals surface area (Å²) >= 11 is 0.